The molecule has 21 heavy (non-hydrogen) atoms. The number of urea groups is 1. The van der Waals surface area contributed by atoms with Crippen molar-refractivity contribution in [2.24, 2.45) is 0 Å². The molecule has 3 saturated heterocycles. The number of imide groups is 1. The highest BCUT2D eigenvalue weighted by atomic mass is 16.2. The first-order valence-electron chi connectivity index (χ1n) is 7.55. The van der Waals surface area contributed by atoms with Crippen molar-refractivity contribution in [3.05, 3.63) is 24.4 Å². The Kier molecular flexibility index (Phi) is 2.83. The molecule has 0 unspecified atom stereocenters. The van der Waals surface area contributed by atoms with Gasteiger partial charge in [-0.15, -0.1) is 0 Å². The van der Waals surface area contributed by atoms with Gasteiger partial charge in [0.05, 0.1) is 6.04 Å². The lowest BCUT2D eigenvalue weighted by molar-refractivity contribution is -0.129. The molecule has 0 aromatic carbocycles. The van der Waals surface area contributed by atoms with Gasteiger partial charge in [-0.25, -0.2) is 9.78 Å². The van der Waals surface area contributed by atoms with Crippen molar-refractivity contribution >= 4 is 17.8 Å². The van der Waals surface area contributed by atoms with E-state index in [1.165, 1.54) is 4.90 Å². The topological polar surface area (TPSA) is 56.8 Å². The average Bonchev–Trinajstić information content (AvgIpc) is 3.20. The second-order valence-corrected chi connectivity index (χ2v) is 5.92. The number of pyridine rings is 1. The Hall–Kier alpha value is -2.11. The number of aromatic nitrogens is 1. The maximum absolute atomic E-state index is 12.5. The lowest BCUT2D eigenvalue weighted by Gasteiger charge is -2.23. The predicted octanol–water partition coefficient (Wildman–Crippen LogP) is 1.09. The summed E-state index contributed by atoms with van der Waals surface area (Å²) in [5.41, 5.74) is 0. The van der Waals surface area contributed by atoms with E-state index in [0.29, 0.717) is 6.54 Å². The van der Waals surface area contributed by atoms with E-state index >= 15 is 0 Å². The predicted molar refractivity (Wildman–Crippen MR) is 76.8 cm³/mol. The van der Waals surface area contributed by atoms with Crippen molar-refractivity contribution in [2.75, 3.05) is 24.5 Å². The van der Waals surface area contributed by atoms with Gasteiger partial charge in [-0.1, -0.05) is 6.07 Å². The van der Waals surface area contributed by atoms with Crippen LogP contribution in [0.4, 0.5) is 10.6 Å². The van der Waals surface area contributed by atoms with Crippen molar-refractivity contribution in [2.45, 2.75) is 31.3 Å². The molecule has 3 fully saturated rings. The summed E-state index contributed by atoms with van der Waals surface area (Å²) < 4.78 is 0. The fraction of sp³-hybridized carbons (Fsp3) is 0.533. The summed E-state index contributed by atoms with van der Waals surface area (Å²) in [6, 6.07) is 5.51. The van der Waals surface area contributed by atoms with E-state index in [1.54, 1.807) is 11.1 Å². The Morgan fingerprint density at radius 2 is 2.05 bits per heavy atom. The normalized spacial score (nSPS) is 28.7. The van der Waals surface area contributed by atoms with Gasteiger partial charge in [0.25, 0.3) is 5.91 Å². The molecule has 110 valence electrons. The van der Waals surface area contributed by atoms with Crippen LogP contribution in [0.3, 0.4) is 0 Å². The Bertz CT molecular complexity index is 554. The van der Waals surface area contributed by atoms with Crippen LogP contribution in [0, 0.1) is 0 Å². The van der Waals surface area contributed by atoms with Crippen molar-refractivity contribution in [3.8, 4) is 0 Å². The van der Waals surface area contributed by atoms with Crippen LogP contribution < -0.4 is 4.90 Å². The Morgan fingerprint density at radius 3 is 2.81 bits per heavy atom. The molecule has 6 nitrogen and oxygen atoms in total. The van der Waals surface area contributed by atoms with Crippen LogP contribution in [0.15, 0.2) is 24.4 Å². The third-order valence-electron chi connectivity index (χ3n) is 4.73. The average molecular weight is 286 g/mol. The smallest absolute Gasteiger partial charge is 0.327 e. The summed E-state index contributed by atoms with van der Waals surface area (Å²) in [7, 11) is 0. The molecule has 6 heteroatoms. The summed E-state index contributed by atoms with van der Waals surface area (Å²) in [4.78, 5) is 34.6. The fourth-order valence-corrected chi connectivity index (χ4v) is 3.68. The summed E-state index contributed by atoms with van der Waals surface area (Å²) >= 11 is 0. The summed E-state index contributed by atoms with van der Waals surface area (Å²) in [5, 5.41) is 0. The fourth-order valence-electron chi connectivity index (χ4n) is 3.68. The molecule has 4 heterocycles. The van der Waals surface area contributed by atoms with Crippen LogP contribution in [0.2, 0.25) is 0 Å². The second-order valence-electron chi connectivity index (χ2n) is 5.92. The van der Waals surface area contributed by atoms with Crippen LogP contribution >= 0.6 is 0 Å². The van der Waals surface area contributed by atoms with E-state index in [2.05, 4.69) is 9.88 Å². The molecule has 1 aromatic rings. The molecular weight excluding hydrogens is 268 g/mol. The van der Waals surface area contributed by atoms with Crippen LogP contribution in [0.5, 0.6) is 0 Å². The molecule has 3 aliphatic heterocycles. The summed E-state index contributed by atoms with van der Waals surface area (Å²) in [6.45, 7) is 2.25. The number of anilines is 1. The van der Waals surface area contributed by atoms with Crippen LogP contribution in [0.1, 0.15) is 19.3 Å². The largest absolute Gasteiger partial charge is 0.354 e. The van der Waals surface area contributed by atoms with Gasteiger partial charge in [0.15, 0.2) is 0 Å². The van der Waals surface area contributed by atoms with Crippen LogP contribution in [-0.4, -0.2) is 58.4 Å². The summed E-state index contributed by atoms with van der Waals surface area (Å²) in [6.07, 6.45) is 4.36. The van der Waals surface area contributed by atoms with E-state index in [1.807, 2.05) is 18.2 Å². The standard InChI is InChI=1S/C15H18N4O2/c20-14-12-4-3-8-18(12)15(21)19(14)11-6-9-17(10-11)13-5-1-2-7-16-13/h1-2,5,7,11-12H,3-4,6,8-10H2/t11-,12-/m0/s1. The molecule has 0 radical (unpaired) electrons. The Morgan fingerprint density at radius 1 is 1.14 bits per heavy atom. The number of fused-ring (bicyclic) bond motifs is 1. The zero-order valence-electron chi connectivity index (χ0n) is 11.8. The molecule has 0 N–H and O–H groups in total. The van der Waals surface area contributed by atoms with Gasteiger partial charge in [0.2, 0.25) is 0 Å². The zero-order chi connectivity index (χ0) is 14.4. The lowest BCUT2D eigenvalue weighted by atomic mass is 10.2. The van der Waals surface area contributed by atoms with Crippen molar-refractivity contribution < 1.29 is 9.59 Å². The van der Waals surface area contributed by atoms with E-state index < -0.39 is 0 Å². The van der Waals surface area contributed by atoms with Gasteiger partial charge < -0.3 is 9.80 Å². The minimum Gasteiger partial charge on any atom is -0.354 e. The maximum Gasteiger partial charge on any atom is 0.327 e. The van der Waals surface area contributed by atoms with Crippen LogP contribution in [0.25, 0.3) is 0 Å². The molecule has 3 amide bonds. The first kappa shape index (κ1) is 12.6. The van der Waals surface area contributed by atoms with Gasteiger partial charge in [0.1, 0.15) is 11.9 Å². The molecule has 0 saturated carbocycles. The maximum atomic E-state index is 12.5. The Labute approximate surface area is 123 Å². The number of carbonyl (C=O) groups is 2. The van der Waals surface area contributed by atoms with Gasteiger partial charge in [-0.05, 0) is 31.4 Å². The highest BCUT2D eigenvalue weighted by Gasteiger charge is 2.50. The number of amides is 3. The quantitative estimate of drug-likeness (QED) is 0.764. The molecule has 3 aliphatic rings. The lowest BCUT2D eigenvalue weighted by Crippen LogP contribution is -2.43. The second kappa shape index (κ2) is 4.72. The van der Waals surface area contributed by atoms with Crippen molar-refractivity contribution in [1.29, 1.82) is 0 Å². The first-order chi connectivity index (χ1) is 10.3. The van der Waals surface area contributed by atoms with Crippen molar-refractivity contribution in [1.82, 2.24) is 14.8 Å². The minimum atomic E-state index is -0.193. The minimum absolute atomic E-state index is 0.00497. The van der Waals surface area contributed by atoms with Gasteiger partial charge in [-0.3, -0.25) is 9.69 Å². The molecular formula is C15H18N4O2. The highest BCUT2D eigenvalue weighted by molar-refractivity contribution is 6.05. The molecule has 2 atom stereocenters. The van der Waals surface area contributed by atoms with Gasteiger partial charge in [-0.2, -0.15) is 0 Å². The number of carbonyl (C=O) groups excluding carboxylic acids is 2. The number of nitrogens with zero attached hydrogens (tertiary/aromatic N) is 4. The third kappa shape index (κ3) is 1.89. The third-order valence-corrected chi connectivity index (χ3v) is 4.73. The highest BCUT2D eigenvalue weighted by Crippen LogP contribution is 2.31. The molecule has 4 rings (SSSR count). The molecule has 1 aromatic heterocycles. The van der Waals surface area contributed by atoms with E-state index in [9.17, 15) is 9.59 Å². The monoisotopic (exact) mass is 286 g/mol. The first-order valence-corrected chi connectivity index (χ1v) is 7.55. The van der Waals surface area contributed by atoms with Crippen LogP contribution in [-0.2, 0) is 4.79 Å². The number of hydrogen-bond acceptors (Lipinski definition) is 4. The summed E-state index contributed by atoms with van der Waals surface area (Å²) in [5.74, 6) is 0.921. The number of hydrogen-bond donors (Lipinski definition) is 0. The molecule has 0 spiro atoms. The SMILES string of the molecule is O=C1[C@@H]2CCCN2C(=O)N1[C@H]1CCN(c2ccccn2)C1. The zero-order valence-corrected chi connectivity index (χ0v) is 11.8. The molecule has 0 aliphatic carbocycles. The van der Waals surface area contributed by atoms with Crippen molar-refractivity contribution in [3.63, 3.8) is 0 Å². The number of rotatable bonds is 2. The van der Waals surface area contributed by atoms with E-state index in [0.717, 1.165) is 38.2 Å². The van der Waals surface area contributed by atoms with E-state index in [4.69, 9.17) is 0 Å². The Balaban J connectivity index is 1.51. The van der Waals surface area contributed by atoms with E-state index in [-0.39, 0.29) is 24.0 Å². The van der Waals surface area contributed by atoms with Gasteiger partial charge in [0, 0.05) is 25.8 Å². The molecule has 0 bridgehead atoms. The van der Waals surface area contributed by atoms with Gasteiger partial charge >= 0.3 is 6.03 Å².